The molecular formula is C47H53N9O6S. The molecular weight excluding hydrogens is 819 g/mol. The number of H-pyrrole nitrogens is 1. The van der Waals surface area contributed by atoms with Crippen LogP contribution in [0.25, 0.3) is 32.7 Å². The van der Waals surface area contributed by atoms with E-state index in [4.69, 9.17) is 4.52 Å². The number of likely N-dealkylation sites (tertiary alicyclic amines) is 1. The van der Waals surface area contributed by atoms with Crippen molar-refractivity contribution in [3.63, 3.8) is 0 Å². The smallest absolute Gasteiger partial charge is 0.243 e. The van der Waals surface area contributed by atoms with Gasteiger partial charge in [0, 0.05) is 79.8 Å². The number of aryl methyl sites for hydroxylation is 1. The summed E-state index contributed by atoms with van der Waals surface area (Å²) >= 11 is 1.59. The van der Waals surface area contributed by atoms with Gasteiger partial charge in [0.05, 0.1) is 33.9 Å². The molecule has 0 saturated carbocycles. The summed E-state index contributed by atoms with van der Waals surface area (Å²) in [6, 6.07) is 17.8. The summed E-state index contributed by atoms with van der Waals surface area (Å²) in [6.45, 7) is 11.8. The van der Waals surface area contributed by atoms with E-state index in [1.807, 2.05) is 86.6 Å². The summed E-state index contributed by atoms with van der Waals surface area (Å²) in [4.78, 5) is 56.9. The van der Waals surface area contributed by atoms with Crippen LogP contribution in [0.5, 0.6) is 5.75 Å². The minimum Gasteiger partial charge on any atom is -0.507 e. The molecule has 0 bridgehead atoms. The number of fused-ring (bicyclic) bond motifs is 3. The lowest BCUT2D eigenvalue weighted by molar-refractivity contribution is -0.145. The number of thiazole rings is 1. The van der Waals surface area contributed by atoms with E-state index in [1.165, 1.54) is 4.90 Å². The molecule has 0 spiro atoms. The summed E-state index contributed by atoms with van der Waals surface area (Å²) in [5.74, 6) is 0.209. The number of hydrogen-bond acceptors (Lipinski definition) is 12. The number of benzene rings is 2. The van der Waals surface area contributed by atoms with Crippen molar-refractivity contribution in [3.8, 4) is 27.4 Å². The Labute approximate surface area is 369 Å². The molecule has 3 amide bonds. The fraction of sp³-hybridized carbons (Fsp3) is 0.426. The van der Waals surface area contributed by atoms with E-state index < -0.39 is 17.6 Å². The molecule has 9 rings (SSSR count). The summed E-state index contributed by atoms with van der Waals surface area (Å²) < 4.78 is 5.98. The quantitative estimate of drug-likeness (QED) is 0.121. The van der Waals surface area contributed by atoms with Gasteiger partial charge in [0.2, 0.25) is 17.7 Å². The van der Waals surface area contributed by atoms with Crippen LogP contribution in [0.4, 0.5) is 5.82 Å². The number of β-amino-alcohol motifs (C(OH)–C–C–N with tert-alkyl or cyclic N) is 1. The first kappa shape index (κ1) is 42.2. The van der Waals surface area contributed by atoms with Gasteiger partial charge in [-0.2, -0.15) is 0 Å². The number of aromatic nitrogens is 5. The van der Waals surface area contributed by atoms with Crippen molar-refractivity contribution in [2.45, 2.75) is 90.4 Å². The topological polar surface area (TPSA) is 194 Å². The number of anilines is 1. The maximum absolute atomic E-state index is 14.6. The summed E-state index contributed by atoms with van der Waals surface area (Å²) in [5.41, 5.74) is 7.52. The van der Waals surface area contributed by atoms with Gasteiger partial charge in [-0.3, -0.25) is 14.4 Å². The number of phenols is 1. The van der Waals surface area contributed by atoms with Crippen LogP contribution in [0.2, 0.25) is 0 Å². The third-order valence-electron chi connectivity index (χ3n) is 13.7. The molecule has 4 aromatic heterocycles. The minimum absolute atomic E-state index is 0.0370. The van der Waals surface area contributed by atoms with Gasteiger partial charge in [0.25, 0.3) is 0 Å². The number of aromatic hydroxyl groups is 1. The number of phenolic OH excluding ortho intramolecular Hbond substituents is 1. The highest BCUT2D eigenvalue weighted by molar-refractivity contribution is 7.13. The zero-order valence-electron chi connectivity index (χ0n) is 36.2. The Hall–Kier alpha value is -6.13. The first-order valence-electron chi connectivity index (χ1n) is 21.8. The molecule has 63 heavy (non-hydrogen) atoms. The third-order valence-corrected chi connectivity index (χ3v) is 14.7. The van der Waals surface area contributed by atoms with E-state index >= 15 is 0 Å². The second kappa shape index (κ2) is 16.9. The van der Waals surface area contributed by atoms with Crippen molar-refractivity contribution >= 4 is 45.9 Å². The van der Waals surface area contributed by atoms with E-state index in [1.54, 1.807) is 23.5 Å². The molecule has 7 heterocycles. The SMILES string of the molecule is Cc1ncsc1-c1ccc(CNC(=O)[C@@H]2C[C@@H](O)CN2C(=O)[C@](C)(c2cc(N3CCC(C(=O)N4CCc5[nH]c6nnc(-c7ccccc7O)cc6c5[C@@H]4C)CC3)no2)C(C)C)cc1. The maximum atomic E-state index is 14.6. The predicted molar refractivity (Wildman–Crippen MR) is 239 cm³/mol. The van der Waals surface area contributed by atoms with E-state index in [9.17, 15) is 24.6 Å². The number of hydrogen-bond donors (Lipinski definition) is 4. The second-order valence-electron chi connectivity index (χ2n) is 17.7. The molecule has 6 aromatic rings. The zero-order valence-corrected chi connectivity index (χ0v) is 37.0. The molecule has 2 fully saturated rings. The molecule has 3 aliphatic rings. The van der Waals surface area contributed by atoms with Gasteiger partial charge >= 0.3 is 0 Å². The highest BCUT2D eigenvalue weighted by Crippen LogP contribution is 2.41. The largest absolute Gasteiger partial charge is 0.507 e. The number of nitrogens with one attached hydrogen (secondary N) is 2. The Kier molecular flexibility index (Phi) is 11.3. The Morgan fingerprint density at radius 1 is 1.03 bits per heavy atom. The number of amides is 3. The van der Waals surface area contributed by atoms with Crippen molar-refractivity contribution in [3.05, 3.63) is 94.4 Å². The number of rotatable bonds is 10. The van der Waals surface area contributed by atoms with Gasteiger partial charge in [-0.25, -0.2) is 4.98 Å². The fourth-order valence-electron chi connectivity index (χ4n) is 9.57. The Morgan fingerprint density at radius 3 is 2.51 bits per heavy atom. The third kappa shape index (κ3) is 7.73. The lowest BCUT2D eigenvalue weighted by Crippen LogP contribution is -2.53. The van der Waals surface area contributed by atoms with E-state index in [2.05, 4.69) is 42.5 Å². The van der Waals surface area contributed by atoms with Crippen LogP contribution in [-0.2, 0) is 32.8 Å². The summed E-state index contributed by atoms with van der Waals surface area (Å²) in [7, 11) is 0. The molecule has 16 heteroatoms. The molecule has 328 valence electrons. The number of aliphatic hydroxyl groups is 1. The van der Waals surface area contributed by atoms with Crippen molar-refractivity contribution in [1.82, 2.24) is 40.4 Å². The van der Waals surface area contributed by atoms with Crippen LogP contribution in [0.3, 0.4) is 0 Å². The fourth-order valence-corrected chi connectivity index (χ4v) is 10.4. The normalized spacial score (nSPS) is 20.3. The molecule has 2 aromatic carbocycles. The molecule has 0 unspecified atom stereocenters. The highest BCUT2D eigenvalue weighted by Gasteiger charge is 2.50. The van der Waals surface area contributed by atoms with Crippen molar-refractivity contribution in [2.75, 3.05) is 31.1 Å². The first-order chi connectivity index (χ1) is 30.3. The lowest BCUT2D eigenvalue weighted by Gasteiger charge is -2.39. The zero-order chi connectivity index (χ0) is 44.2. The van der Waals surface area contributed by atoms with Gasteiger partial charge < -0.3 is 39.7 Å². The molecule has 0 aliphatic carbocycles. The predicted octanol–water partition coefficient (Wildman–Crippen LogP) is 6.30. The van der Waals surface area contributed by atoms with Crippen LogP contribution in [-0.4, -0.2) is 101 Å². The molecule has 15 nitrogen and oxygen atoms in total. The van der Waals surface area contributed by atoms with Gasteiger partial charge in [0.1, 0.15) is 17.2 Å². The number of nitrogens with zero attached hydrogens (tertiary/aromatic N) is 7. The van der Waals surface area contributed by atoms with E-state index in [0.717, 1.165) is 38.3 Å². The number of carbonyl (C=O) groups is 3. The first-order valence-corrected chi connectivity index (χ1v) is 22.6. The van der Waals surface area contributed by atoms with Crippen LogP contribution < -0.4 is 10.2 Å². The van der Waals surface area contributed by atoms with Crippen LogP contribution in [0, 0.1) is 18.8 Å². The summed E-state index contributed by atoms with van der Waals surface area (Å²) in [5, 5.41) is 38.4. The van der Waals surface area contributed by atoms with Gasteiger partial charge in [-0.15, -0.1) is 21.5 Å². The molecule has 4 atom stereocenters. The molecule has 2 saturated heterocycles. The van der Waals surface area contributed by atoms with Gasteiger partial charge in [-0.05, 0) is 68.9 Å². The summed E-state index contributed by atoms with van der Waals surface area (Å²) in [6.07, 6.45) is 1.23. The van der Waals surface area contributed by atoms with E-state index in [0.29, 0.717) is 67.4 Å². The number of aliphatic hydroxyl groups excluding tert-OH is 1. The Balaban J connectivity index is 0.841. The number of carbonyl (C=O) groups excluding carboxylic acids is 3. The van der Waals surface area contributed by atoms with Crippen molar-refractivity contribution in [2.24, 2.45) is 11.8 Å². The molecule has 3 aliphatic heterocycles. The minimum atomic E-state index is -1.17. The second-order valence-corrected chi connectivity index (χ2v) is 18.6. The van der Waals surface area contributed by atoms with Crippen LogP contribution in [0.15, 0.2) is 70.7 Å². The highest BCUT2D eigenvalue weighted by atomic mass is 32.1. The van der Waals surface area contributed by atoms with E-state index in [-0.39, 0.29) is 60.9 Å². The number of para-hydroxylation sites is 1. The van der Waals surface area contributed by atoms with Crippen molar-refractivity contribution < 1.29 is 29.1 Å². The maximum Gasteiger partial charge on any atom is 0.243 e. The van der Waals surface area contributed by atoms with Gasteiger partial charge in [0.15, 0.2) is 17.2 Å². The van der Waals surface area contributed by atoms with Crippen molar-refractivity contribution in [1.29, 1.82) is 0 Å². The Bertz CT molecular complexity index is 2670. The average Bonchev–Trinajstić information content (AvgIpc) is 4.11. The van der Waals surface area contributed by atoms with Gasteiger partial charge in [-0.1, -0.05) is 55.4 Å². The molecule has 4 N–H and O–H groups in total. The lowest BCUT2D eigenvalue weighted by atomic mass is 9.75. The van der Waals surface area contributed by atoms with Crippen LogP contribution >= 0.6 is 11.3 Å². The number of aromatic amines is 1. The Morgan fingerprint density at radius 2 is 1.79 bits per heavy atom. The molecule has 0 radical (unpaired) electrons. The van der Waals surface area contributed by atoms with Crippen LogP contribution in [0.1, 0.15) is 81.3 Å². The monoisotopic (exact) mass is 871 g/mol. The standard InChI is InChI=1S/C47H53N9O6S/c1-26(2)47(5,46(61)56-24-32(57)20-37(56)44(59)48-23-29-10-12-30(13-11-29)42-27(3)49-25-63-42)39-22-40(53-62-39)54-17-14-31(15-18-54)45(60)55-19-16-35-41(28(55)4)34-21-36(51-52-43(34)50-35)33-8-6-7-9-38(33)58/h6-13,21-22,25-26,28,31-32,37,57-58H,14-20,23-24H2,1-5H3,(H,48,59)(H,50,52)/t28-,32+,37-,47-/m0/s1. The average molecular weight is 872 g/mol. The number of piperidine rings is 1.